The predicted molar refractivity (Wildman–Crippen MR) is 68.0 cm³/mol. The van der Waals surface area contributed by atoms with Crippen molar-refractivity contribution in [2.75, 3.05) is 13.2 Å². The van der Waals surface area contributed by atoms with Gasteiger partial charge in [-0.2, -0.15) is 0 Å². The molecule has 100 valence electrons. The van der Waals surface area contributed by atoms with E-state index in [1.165, 1.54) is 0 Å². The zero-order valence-electron chi connectivity index (χ0n) is 10.7. The van der Waals surface area contributed by atoms with Crippen molar-refractivity contribution in [1.29, 1.82) is 0 Å². The van der Waals surface area contributed by atoms with E-state index in [9.17, 15) is 9.90 Å². The number of benzene rings is 1. The Labute approximate surface area is 108 Å². The van der Waals surface area contributed by atoms with Gasteiger partial charge in [0.15, 0.2) is 0 Å². The van der Waals surface area contributed by atoms with Crippen molar-refractivity contribution >= 4 is 5.97 Å². The number of esters is 1. The number of hydrogen-bond acceptors (Lipinski definition) is 4. The van der Waals surface area contributed by atoms with Crippen LogP contribution in [0.15, 0.2) is 30.3 Å². The van der Waals surface area contributed by atoms with E-state index in [1.54, 1.807) is 6.92 Å². The van der Waals surface area contributed by atoms with Gasteiger partial charge in [-0.15, -0.1) is 0 Å². The number of hydrogen-bond donors (Lipinski definition) is 1. The standard InChI is InChI=1S/C14H20O4/c1-2-18-14(16)10-13(15)8-9-17-11-12-6-4-3-5-7-12/h3-7,13,15H,2,8-11H2,1H3/t13-/m0/s1. The lowest BCUT2D eigenvalue weighted by Gasteiger charge is -2.10. The summed E-state index contributed by atoms with van der Waals surface area (Å²) in [7, 11) is 0. The van der Waals surface area contributed by atoms with Crippen molar-refractivity contribution in [2.45, 2.75) is 32.5 Å². The second-order valence-electron chi connectivity index (χ2n) is 3.99. The molecule has 0 bridgehead atoms. The van der Waals surface area contributed by atoms with E-state index in [2.05, 4.69) is 0 Å². The third-order valence-corrected chi connectivity index (χ3v) is 2.41. The van der Waals surface area contributed by atoms with E-state index >= 15 is 0 Å². The van der Waals surface area contributed by atoms with Crippen molar-refractivity contribution in [2.24, 2.45) is 0 Å². The number of carbonyl (C=O) groups is 1. The summed E-state index contributed by atoms with van der Waals surface area (Å²) in [6.45, 7) is 3.03. The van der Waals surface area contributed by atoms with Crippen molar-refractivity contribution < 1.29 is 19.4 Å². The Morgan fingerprint density at radius 2 is 2.06 bits per heavy atom. The van der Waals surface area contributed by atoms with Crippen molar-refractivity contribution in [3.63, 3.8) is 0 Å². The second kappa shape index (κ2) is 8.66. The summed E-state index contributed by atoms with van der Waals surface area (Å²) in [6, 6.07) is 9.82. The third-order valence-electron chi connectivity index (χ3n) is 2.41. The molecule has 0 aliphatic rings. The minimum absolute atomic E-state index is 0.0303. The molecule has 1 aromatic carbocycles. The van der Waals surface area contributed by atoms with Crippen LogP contribution in [-0.2, 0) is 20.9 Å². The van der Waals surface area contributed by atoms with Gasteiger partial charge >= 0.3 is 5.97 Å². The number of ether oxygens (including phenoxy) is 2. The van der Waals surface area contributed by atoms with Crippen LogP contribution in [0, 0.1) is 0 Å². The Morgan fingerprint density at radius 1 is 1.33 bits per heavy atom. The predicted octanol–water partition coefficient (Wildman–Crippen LogP) is 1.91. The zero-order chi connectivity index (χ0) is 13.2. The maximum atomic E-state index is 11.1. The lowest BCUT2D eigenvalue weighted by molar-refractivity contribution is -0.145. The van der Waals surface area contributed by atoms with Crippen LogP contribution < -0.4 is 0 Å². The molecule has 1 N–H and O–H groups in total. The van der Waals surface area contributed by atoms with Crippen molar-refractivity contribution in [1.82, 2.24) is 0 Å². The van der Waals surface area contributed by atoms with Crippen LogP contribution in [0.5, 0.6) is 0 Å². The van der Waals surface area contributed by atoms with Crippen molar-refractivity contribution in [3.8, 4) is 0 Å². The summed E-state index contributed by atoms with van der Waals surface area (Å²) in [5.74, 6) is -0.368. The maximum absolute atomic E-state index is 11.1. The summed E-state index contributed by atoms with van der Waals surface area (Å²) < 4.78 is 10.2. The summed E-state index contributed by atoms with van der Waals surface area (Å²) in [6.07, 6.45) is -0.228. The second-order valence-corrected chi connectivity index (χ2v) is 3.99. The number of aliphatic hydroxyl groups excluding tert-OH is 1. The third kappa shape index (κ3) is 6.37. The fraction of sp³-hybridized carbons (Fsp3) is 0.500. The fourth-order valence-corrected chi connectivity index (χ4v) is 1.50. The lowest BCUT2D eigenvalue weighted by atomic mass is 10.2. The van der Waals surface area contributed by atoms with Crippen LogP contribution in [-0.4, -0.2) is 30.4 Å². The largest absolute Gasteiger partial charge is 0.466 e. The molecule has 18 heavy (non-hydrogen) atoms. The topological polar surface area (TPSA) is 55.8 Å². The molecule has 0 amide bonds. The highest BCUT2D eigenvalue weighted by molar-refractivity contribution is 5.69. The van der Waals surface area contributed by atoms with Crippen LogP contribution in [0.3, 0.4) is 0 Å². The van der Waals surface area contributed by atoms with Crippen LogP contribution in [0.2, 0.25) is 0 Å². The molecule has 0 spiro atoms. The van der Waals surface area contributed by atoms with Gasteiger partial charge in [-0.25, -0.2) is 0 Å². The number of aliphatic hydroxyl groups is 1. The van der Waals surface area contributed by atoms with E-state index in [0.29, 0.717) is 26.2 Å². The first kappa shape index (κ1) is 14.7. The van der Waals surface area contributed by atoms with Gasteiger partial charge in [0.1, 0.15) is 0 Å². The number of carbonyl (C=O) groups excluding carboxylic acids is 1. The Hall–Kier alpha value is -1.39. The monoisotopic (exact) mass is 252 g/mol. The van der Waals surface area contributed by atoms with Gasteiger partial charge in [0.05, 0.1) is 25.7 Å². The molecule has 0 heterocycles. The minimum Gasteiger partial charge on any atom is -0.466 e. The molecule has 0 radical (unpaired) electrons. The molecule has 0 saturated carbocycles. The Balaban J connectivity index is 2.09. The van der Waals surface area contributed by atoms with E-state index in [-0.39, 0.29) is 12.4 Å². The van der Waals surface area contributed by atoms with Gasteiger partial charge in [0, 0.05) is 6.61 Å². The normalized spacial score (nSPS) is 12.1. The molecule has 0 unspecified atom stereocenters. The quantitative estimate of drug-likeness (QED) is 0.567. The van der Waals surface area contributed by atoms with Gasteiger partial charge in [-0.1, -0.05) is 30.3 Å². The minimum atomic E-state index is -0.695. The average molecular weight is 252 g/mol. The molecule has 0 saturated heterocycles. The molecule has 4 nitrogen and oxygen atoms in total. The highest BCUT2D eigenvalue weighted by Gasteiger charge is 2.11. The maximum Gasteiger partial charge on any atom is 0.308 e. The molecule has 0 fully saturated rings. The highest BCUT2D eigenvalue weighted by Crippen LogP contribution is 2.04. The zero-order valence-corrected chi connectivity index (χ0v) is 10.7. The molecule has 4 heteroatoms. The summed E-state index contributed by atoms with van der Waals surface area (Å²) in [5, 5.41) is 9.56. The summed E-state index contributed by atoms with van der Waals surface area (Å²) >= 11 is 0. The van der Waals surface area contributed by atoms with E-state index in [4.69, 9.17) is 9.47 Å². The number of rotatable bonds is 8. The molecule has 0 aliphatic heterocycles. The molecule has 1 atom stereocenters. The van der Waals surface area contributed by atoms with Crippen molar-refractivity contribution in [3.05, 3.63) is 35.9 Å². The summed E-state index contributed by atoms with van der Waals surface area (Å²) in [4.78, 5) is 11.1. The van der Waals surface area contributed by atoms with E-state index in [0.717, 1.165) is 5.56 Å². The first-order valence-electron chi connectivity index (χ1n) is 6.17. The van der Waals surface area contributed by atoms with E-state index in [1.807, 2.05) is 30.3 Å². The Kier molecular flexibility index (Phi) is 7.06. The molecule has 1 aromatic rings. The van der Waals surface area contributed by atoms with Crippen LogP contribution in [0.25, 0.3) is 0 Å². The smallest absolute Gasteiger partial charge is 0.308 e. The molecule has 0 aromatic heterocycles. The van der Waals surface area contributed by atoms with E-state index < -0.39 is 6.10 Å². The highest BCUT2D eigenvalue weighted by atomic mass is 16.5. The average Bonchev–Trinajstić information content (AvgIpc) is 2.36. The van der Waals surface area contributed by atoms with Crippen LogP contribution in [0.1, 0.15) is 25.3 Å². The molecular weight excluding hydrogens is 232 g/mol. The first-order valence-corrected chi connectivity index (χ1v) is 6.17. The summed E-state index contributed by atoms with van der Waals surface area (Å²) in [5.41, 5.74) is 1.09. The Bertz CT molecular complexity index is 337. The van der Waals surface area contributed by atoms with Gasteiger partial charge in [0.2, 0.25) is 0 Å². The van der Waals surface area contributed by atoms with Crippen LogP contribution in [0.4, 0.5) is 0 Å². The van der Waals surface area contributed by atoms with Gasteiger partial charge in [0.25, 0.3) is 0 Å². The molecular formula is C14H20O4. The lowest BCUT2D eigenvalue weighted by Crippen LogP contribution is -2.17. The van der Waals surface area contributed by atoms with Gasteiger partial charge in [-0.05, 0) is 18.9 Å². The SMILES string of the molecule is CCOC(=O)C[C@@H](O)CCOCc1ccccc1. The fourth-order valence-electron chi connectivity index (χ4n) is 1.50. The molecule has 1 rings (SSSR count). The van der Waals surface area contributed by atoms with Gasteiger partial charge in [-0.3, -0.25) is 4.79 Å². The van der Waals surface area contributed by atoms with Gasteiger partial charge < -0.3 is 14.6 Å². The first-order chi connectivity index (χ1) is 8.72. The van der Waals surface area contributed by atoms with Crippen LogP contribution >= 0.6 is 0 Å². The molecule has 0 aliphatic carbocycles. The Morgan fingerprint density at radius 3 is 2.72 bits per heavy atom.